The molecule has 0 saturated heterocycles. The Kier molecular flexibility index (Phi) is 17.4. The molecule has 1 atom stereocenters. The first-order valence-corrected chi connectivity index (χ1v) is 15.6. The van der Waals surface area contributed by atoms with E-state index in [4.69, 9.17) is 14.0 Å². The number of methoxy groups -OCH3 is 1. The zero-order valence-corrected chi connectivity index (χ0v) is 24.5. The van der Waals surface area contributed by atoms with Gasteiger partial charge in [-0.1, -0.05) is 51.9 Å². The second-order valence-electron chi connectivity index (χ2n) is 9.76. The standard InChI is InChI=1S/C27H47N3O8S/c1-4-5-6-7-8-9-10-11-17-29-27(31)15-14-18-38-26-21-24(30(32)33)23(20-25(26)37-3)22(2)28-16-12-13-19-39(34,35)36/h20-22,28H,4-19H2,1-3H3,(H,29,31)(H,34,35,36). The normalized spacial score (nSPS) is 12.2. The molecule has 1 amide bonds. The number of ether oxygens (including phenoxy) is 2. The number of amides is 1. The highest BCUT2D eigenvalue weighted by Crippen LogP contribution is 2.37. The maximum Gasteiger partial charge on any atom is 0.278 e. The van der Waals surface area contributed by atoms with Crippen LogP contribution in [0, 0.1) is 10.1 Å². The van der Waals surface area contributed by atoms with E-state index in [0.717, 1.165) is 12.8 Å². The van der Waals surface area contributed by atoms with Crippen LogP contribution in [0.1, 0.15) is 103 Å². The van der Waals surface area contributed by atoms with Crippen molar-refractivity contribution < 1.29 is 32.2 Å². The van der Waals surface area contributed by atoms with Crippen molar-refractivity contribution in [2.24, 2.45) is 0 Å². The molecule has 0 aliphatic carbocycles. The highest BCUT2D eigenvalue weighted by Gasteiger charge is 2.23. The van der Waals surface area contributed by atoms with Crippen LogP contribution >= 0.6 is 0 Å². The van der Waals surface area contributed by atoms with Crippen molar-refractivity contribution in [2.75, 3.05) is 32.6 Å². The molecule has 224 valence electrons. The lowest BCUT2D eigenvalue weighted by atomic mass is 10.0. The summed E-state index contributed by atoms with van der Waals surface area (Å²) in [7, 11) is -2.56. The van der Waals surface area contributed by atoms with Gasteiger partial charge >= 0.3 is 0 Å². The van der Waals surface area contributed by atoms with Crippen molar-refractivity contribution in [3.05, 3.63) is 27.8 Å². The van der Waals surface area contributed by atoms with Crippen molar-refractivity contribution >= 4 is 21.7 Å². The molecule has 0 aliphatic rings. The molecule has 1 rings (SSSR count). The fourth-order valence-electron chi connectivity index (χ4n) is 4.17. The van der Waals surface area contributed by atoms with E-state index in [9.17, 15) is 23.3 Å². The van der Waals surface area contributed by atoms with Gasteiger partial charge in [0.05, 0.1) is 36.0 Å². The first-order valence-electron chi connectivity index (χ1n) is 14.0. The number of carbonyl (C=O) groups is 1. The highest BCUT2D eigenvalue weighted by atomic mass is 32.2. The summed E-state index contributed by atoms with van der Waals surface area (Å²) >= 11 is 0. The number of nitro groups is 1. The third kappa shape index (κ3) is 15.7. The molecule has 0 aromatic heterocycles. The molecule has 0 fully saturated rings. The van der Waals surface area contributed by atoms with Gasteiger partial charge in [-0.3, -0.25) is 19.5 Å². The fraction of sp³-hybridized carbons (Fsp3) is 0.741. The summed E-state index contributed by atoms with van der Waals surface area (Å²) in [6.45, 7) is 5.26. The molecule has 3 N–H and O–H groups in total. The monoisotopic (exact) mass is 573 g/mol. The molecule has 39 heavy (non-hydrogen) atoms. The zero-order chi connectivity index (χ0) is 29.1. The van der Waals surface area contributed by atoms with Gasteiger partial charge in [0, 0.05) is 19.0 Å². The average Bonchev–Trinajstić information content (AvgIpc) is 2.88. The van der Waals surface area contributed by atoms with Gasteiger partial charge in [0.15, 0.2) is 11.5 Å². The minimum Gasteiger partial charge on any atom is -0.493 e. The fourth-order valence-corrected chi connectivity index (χ4v) is 4.74. The number of hydrogen-bond donors (Lipinski definition) is 3. The second kappa shape index (κ2) is 19.6. The number of unbranched alkanes of at least 4 members (excludes halogenated alkanes) is 8. The first-order chi connectivity index (χ1) is 18.6. The van der Waals surface area contributed by atoms with Crippen molar-refractivity contribution in [2.45, 2.75) is 96.9 Å². The number of benzene rings is 1. The van der Waals surface area contributed by atoms with Crippen molar-refractivity contribution in [3.63, 3.8) is 0 Å². The van der Waals surface area contributed by atoms with Crippen LogP contribution in [0.5, 0.6) is 11.5 Å². The highest BCUT2D eigenvalue weighted by molar-refractivity contribution is 7.85. The third-order valence-corrected chi connectivity index (χ3v) is 7.22. The average molecular weight is 574 g/mol. The van der Waals surface area contributed by atoms with Crippen LogP contribution in [-0.4, -0.2) is 56.4 Å². The van der Waals surface area contributed by atoms with Gasteiger partial charge in [0.25, 0.3) is 15.8 Å². The van der Waals surface area contributed by atoms with Crippen molar-refractivity contribution in [1.82, 2.24) is 10.6 Å². The predicted octanol–water partition coefficient (Wildman–Crippen LogP) is 5.34. The van der Waals surface area contributed by atoms with Crippen molar-refractivity contribution in [3.8, 4) is 11.5 Å². The summed E-state index contributed by atoms with van der Waals surface area (Å²) in [6, 6.07) is 2.47. The van der Waals surface area contributed by atoms with Crippen LogP contribution in [0.3, 0.4) is 0 Å². The third-order valence-electron chi connectivity index (χ3n) is 6.41. The van der Waals surface area contributed by atoms with Crippen LogP contribution < -0.4 is 20.1 Å². The summed E-state index contributed by atoms with van der Waals surface area (Å²) in [4.78, 5) is 23.3. The SMILES string of the molecule is CCCCCCCCCCNC(=O)CCCOc1cc([N+](=O)[O-])c(C(C)NCCCCS(=O)(=O)O)cc1OC. The summed E-state index contributed by atoms with van der Waals surface area (Å²) in [5.41, 5.74) is 0.270. The zero-order valence-electron chi connectivity index (χ0n) is 23.7. The van der Waals surface area contributed by atoms with Gasteiger partial charge in [-0.15, -0.1) is 0 Å². The summed E-state index contributed by atoms with van der Waals surface area (Å²) in [5, 5.41) is 17.8. The number of nitrogens with one attached hydrogen (secondary N) is 2. The molecule has 0 heterocycles. The molecule has 0 saturated carbocycles. The minimum atomic E-state index is -4.00. The Bertz CT molecular complexity index is 972. The van der Waals surface area contributed by atoms with Crippen molar-refractivity contribution in [1.29, 1.82) is 0 Å². The molecule has 1 aromatic carbocycles. The number of hydrogen-bond acceptors (Lipinski definition) is 8. The van der Waals surface area contributed by atoms with E-state index in [1.165, 1.54) is 51.7 Å². The Hall–Kier alpha value is -2.44. The summed E-state index contributed by atoms with van der Waals surface area (Å²) < 4.78 is 41.6. The number of rotatable bonds is 23. The molecule has 0 aliphatic heterocycles. The van der Waals surface area contributed by atoms with Crippen LogP contribution in [0.15, 0.2) is 12.1 Å². The maximum atomic E-state index is 12.1. The van der Waals surface area contributed by atoms with E-state index in [1.807, 2.05) is 0 Å². The van der Waals surface area contributed by atoms with Crippen LogP contribution in [0.25, 0.3) is 0 Å². The van der Waals surface area contributed by atoms with Gasteiger partial charge < -0.3 is 20.1 Å². The van der Waals surface area contributed by atoms with E-state index in [0.29, 0.717) is 43.7 Å². The first kappa shape index (κ1) is 34.6. The predicted molar refractivity (Wildman–Crippen MR) is 152 cm³/mol. The van der Waals surface area contributed by atoms with E-state index >= 15 is 0 Å². The summed E-state index contributed by atoms with van der Waals surface area (Å²) in [6.07, 6.45) is 11.2. The van der Waals surface area contributed by atoms with E-state index < -0.39 is 21.1 Å². The Morgan fingerprint density at radius 1 is 1.00 bits per heavy atom. The number of carbonyl (C=O) groups excluding carboxylic acids is 1. The van der Waals surface area contributed by atoms with Crippen LogP contribution in [-0.2, 0) is 14.9 Å². The van der Waals surface area contributed by atoms with Crippen LogP contribution in [0.2, 0.25) is 0 Å². The Labute approximate surface area is 233 Å². The molecular formula is C27H47N3O8S. The van der Waals surface area contributed by atoms with Gasteiger partial charge in [-0.2, -0.15) is 8.42 Å². The molecule has 1 aromatic rings. The number of nitrogens with zero attached hydrogens (tertiary/aromatic N) is 1. The van der Waals surface area contributed by atoms with Gasteiger partial charge in [-0.25, -0.2) is 0 Å². The van der Waals surface area contributed by atoms with Gasteiger partial charge in [0.1, 0.15) is 0 Å². The smallest absolute Gasteiger partial charge is 0.278 e. The lowest BCUT2D eigenvalue weighted by Crippen LogP contribution is -2.24. The maximum absolute atomic E-state index is 12.1. The lowest BCUT2D eigenvalue weighted by molar-refractivity contribution is -0.385. The topological polar surface area (TPSA) is 157 Å². The second-order valence-corrected chi connectivity index (χ2v) is 11.3. The number of nitro benzene ring substituents is 1. The van der Waals surface area contributed by atoms with E-state index in [-0.39, 0.29) is 36.1 Å². The quantitative estimate of drug-likeness (QED) is 0.0680. The van der Waals surface area contributed by atoms with Gasteiger partial charge in [0.2, 0.25) is 5.91 Å². The van der Waals surface area contributed by atoms with E-state index in [1.54, 1.807) is 13.0 Å². The molecule has 1 unspecified atom stereocenters. The Morgan fingerprint density at radius 2 is 1.64 bits per heavy atom. The molecule has 11 nitrogen and oxygen atoms in total. The van der Waals surface area contributed by atoms with Gasteiger partial charge in [-0.05, 0) is 45.2 Å². The Morgan fingerprint density at radius 3 is 2.26 bits per heavy atom. The molecule has 0 bridgehead atoms. The van der Waals surface area contributed by atoms with Crippen LogP contribution in [0.4, 0.5) is 5.69 Å². The molecule has 0 radical (unpaired) electrons. The largest absolute Gasteiger partial charge is 0.493 e. The molecule has 12 heteroatoms. The minimum absolute atomic E-state index is 0.0358. The lowest BCUT2D eigenvalue weighted by Gasteiger charge is -2.17. The Balaban J connectivity index is 2.48. The van der Waals surface area contributed by atoms with E-state index in [2.05, 4.69) is 17.6 Å². The summed E-state index contributed by atoms with van der Waals surface area (Å²) in [5.74, 6) is 0.206. The molecular weight excluding hydrogens is 526 g/mol. The molecule has 0 spiro atoms.